The van der Waals surface area contributed by atoms with Gasteiger partial charge in [-0.1, -0.05) is 18.2 Å². The van der Waals surface area contributed by atoms with Crippen molar-refractivity contribution in [2.24, 2.45) is 0 Å². The Morgan fingerprint density at radius 1 is 1.15 bits per heavy atom. The van der Waals surface area contributed by atoms with E-state index in [4.69, 9.17) is 5.26 Å². The van der Waals surface area contributed by atoms with E-state index in [1.54, 1.807) is 30.3 Å². The molecule has 6 nitrogen and oxygen atoms in total. The summed E-state index contributed by atoms with van der Waals surface area (Å²) < 4.78 is 0. The molecule has 134 valence electrons. The van der Waals surface area contributed by atoms with Gasteiger partial charge in [0.2, 0.25) is 5.91 Å². The Bertz CT molecular complexity index is 823. The number of hydrogen-bond acceptors (Lipinski definition) is 5. The standard InChI is InChI=1S/C20H22N4O2/c1-15(20(26)22-17-6-4-5-16(13-17)14-21)23-9-11-24(12-10-23)18-7-2-3-8-19(18)25/h2-8,13,15,25H,9-12H2,1H3,(H,22,26)/t15-/m0/s1. The van der Waals surface area contributed by atoms with E-state index in [9.17, 15) is 9.90 Å². The molecule has 1 saturated heterocycles. The zero-order valence-corrected chi connectivity index (χ0v) is 14.7. The molecule has 2 N–H and O–H groups in total. The predicted molar refractivity (Wildman–Crippen MR) is 101 cm³/mol. The number of carbonyl (C=O) groups excluding carboxylic acids is 1. The highest BCUT2D eigenvalue weighted by Gasteiger charge is 2.26. The SMILES string of the molecule is C[C@@H](C(=O)Nc1cccc(C#N)c1)N1CCN(c2ccccc2O)CC1. The van der Waals surface area contributed by atoms with Crippen LogP contribution in [0, 0.1) is 11.3 Å². The number of carbonyl (C=O) groups is 1. The van der Waals surface area contributed by atoms with Crippen LogP contribution in [0.3, 0.4) is 0 Å². The Balaban J connectivity index is 1.57. The molecule has 0 aromatic heterocycles. The molecule has 2 aromatic carbocycles. The minimum absolute atomic E-state index is 0.0869. The molecule has 0 aliphatic carbocycles. The molecule has 1 aliphatic rings. The third-order valence-electron chi connectivity index (χ3n) is 4.72. The number of phenols is 1. The predicted octanol–water partition coefficient (Wildman–Crippen LogP) is 2.41. The van der Waals surface area contributed by atoms with E-state index in [1.807, 2.05) is 25.1 Å². The summed E-state index contributed by atoms with van der Waals surface area (Å²) in [6, 6.07) is 16.0. The lowest BCUT2D eigenvalue weighted by atomic mass is 10.1. The summed E-state index contributed by atoms with van der Waals surface area (Å²) in [7, 11) is 0. The molecule has 1 heterocycles. The molecule has 0 spiro atoms. The van der Waals surface area contributed by atoms with Crippen LogP contribution < -0.4 is 10.2 Å². The maximum Gasteiger partial charge on any atom is 0.241 e. The lowest BCUT2D eigenvalue weighted by molar-refractivity contribution is -0.120. The van der Waals surface area contributed by atoms with E-state index < -0.39 is 0 Å². The van der Waals surface area contributed by atoms with Gasteiger partial charge >= 0.3 is 0 Å². The minimum atomic E-state index is -0.271. The first-order valence-corrected chi connectivity index (χ1v) is 8.66. The quantitative estimate of drug-likeness (QED) is 0.885. The van der Waals surface area contributed by atoms with Crippen LogP contribution in [-0.4, -0.2) is 48.1 Å². The Hall–Kier alpha value is -3.04. The summed E-state index contributed by atoms with van der Waals surface area (Å²) in [5, 5.41) is 21.8. The average molecular weight is 350 g/mol. The summed E-state index contributed by atoms with van der Waals surface area (Å²) >= 11 is 0. The Morgan fingerprint density at radius 3 is 2.58 bits per heavy atom. The number of hydrogen-bond donors (Lipinski definition) is 2. The van der Waals surface area contributed by atoms with Crippen molar-refractivity contribution in [3.05, 3.63) is 54.1 Å². The Morgan fingerprint density at radius 2 is 1.88 bits per heavy atom. The van der Waals surface area contributed by atoms with Crippen molar-refractivity contribution < 1.29 is 9.90 Å². The first-order valence-electron chi connectivity index (χ1n) is 8.66. The number of amides is 1. The molecule has 0 radical (unpaired) electrons. The van der Waals surface area contributed by atoms with E-state index in [1.165, 1.54) is 0 Å². The number of rotatable bonds is 4. The Kier molecular flexibility index (Phi) is 5.40. The summed E-state index contributed by atoms with van der Waals surface area (Å²) in [5.41, 5.74) is 1.98. The van der Waals surface area contributed by atoms with Crippen LogP contribution in [0.5, 0.6) is 5.75 Å². The molecule has 6 heteroatoms. The topological polar surface area (TPSA) is 79.6 Å². The number of piperazine rings is 1. The molecular weight excluding hydrogens is 328 g/mol. The van der Waals surface area contributed by atoms with Crippen LogP contribution in [0.1, 0.15) is 12.5 Å². The first kappa shape index (κ1) is 17.8. The van der Waals surface area contributed by atoms with Gasteiger partial charge in [-0.2, -0.15) is 5.26 Å². The molecule has 0 saturated carbocycles. The number of aromatic hydroxyl groups is 1. The molecule has 2 aromatic rings. The van der Waals surface area contributed by atoms with Gasteiger partial charge in [0.05, 0.1) is 23.4 Å². The van der Waals surface area contributed by atoms with Gasteiger partial charge in [-0.05, 0) is 37.3 Å². The Labute approximate surface area is 153 Å². The molecule has 1 aliphatic heterocycles. The zero-order chi connectivity index (χ0) is 18.5. The molecule has 1 fully saturated rings. The van der Waals surface area contributed by atoms with Crippen LogP contribution in [0.25, 0.3) is 0 Å². The normalized spacial score (nSPS) is 15.9. The van der Waals surface area contributed by atoms with Gasteiger partial charge in [0.1, 0.15) is 5.75 Å². The van der Waals surface area contributed by atoms with Crippen LogP contribution in [0.4, 0.5) is 11.4 Å². The summed E-state index contributed by atoms with van der Waals surface area (Å²) in [5.74, 6) is 0.195. The van der Waals surface area contributed by atoms with Gasteiger partial charge in [0.25, 0.3) is 0 Å². The van der Waals surface area contributed by atoms with Gasteiger partial charge in [-0.15, -0.1) is 0 Å². The maximum absolute atomic E-state index is 12.5. The third-order valence-corrected chi connectivity index (χ3v) is 4.72. The average Bonchev–Trinajstić information content (AvgIpc) is 2.68. The smallest absolute Gasteiger partial charge is 0.241 e. The van der Waals surface area contributed by atoms with Crippen molar-refractivity contribution in [2.75, 3.05) is 36.4 Å². The maximum atomic E-state index is 12.5. The van der Waals surface area contributed by atoms with Gasteiger partial charge < -0.3 is 15.3 Å². The van der Waals surface area contributed by atoms with Crippen molar-refractivity contribution in [2.45, 2.75) is 13.0 Å². The summed E-state index contributed by atoms with van der Waals surface area (Å²) in [6.45, 7) is 4.86. The fraction of sp³-hybridized carbons (Fsp3) is 0.300. The number of nitrogens with one attached hydrogen (secondary N) is 1. The number of para-hydroxylation sites is 2. The highest BCUT2D eigenvalue weighted by atomic mass is 16.3. The minimum Gasteiger partial charge on any atom is -0.506 e. The third kappa shape index (κ3) is 3.95. The highest BCUT2D eigenvalue weighted by molar-refractivity contribution is 5.94. The van der Waals surface area contributed by atoms with Gasteiger partial charge in [0.15, 0.2) is 0 Å². The second-order valence-corrected chi connectivity index (χ2v) is 6.37. The molecular formula is C20H22N4O2. The second-order valence-electron chi connectivity index (χ2n) is 6.37. The van der Waals surface area contributed by atoms with Crippen molar-refractivity contribution >= 4 is 17.3 Å². The number of phenolic OH excluding ortho intramolecular Hbond substituents is 1. The number of nitrogens with zero attached hydrogens (tertiary/aromatic N) is 3. The molecule has 0 bridgehead atoms. The summed E-state index contributed by atoms with van der Waals surface area (Å²) in [4.78, 5) is 16.8. The van der Waals surface area contributed by atoms with Gasteiger partial charge in [-0.25, -0.2) is 0 Å². The largest absolute Gasteiger partial charge is 0.506 e. The second kappa shape index (κ2) is 7.89. The highest BCUT2D eigenvalue weighted by Crippen LogP contribution is 2.27. The van der Waals surface area contributed by atoms with Crippen molar-refractivity contribution in [1.29, 1.82) is 5.26 Å². The van der Waals surface area contributed by atoms with E-state index in [-0.39, 0.29) is 17.7 Å². The van der Waals surface area contributed by atoms with Crippen LogP contribution >= 0.6 is 0 Å². The lowest BCUT2D eigenvalue weighted by Crippen LogP contribution is -2.52. The van der Waals surface area contributed by atoms with Crippen LogP contribution in [0.15, 0.2) is 48.5 Å². The van der Waals surface area contributed by atoms with Crippen LogP contribution in [-0.2, 0) is 4.79 Å². The molecule has 1 amide bonds. The molecule has 0 unspecified atom stereocenters. The fourth-order valence-corrected chi connectivity index (χ4v) is 3.16. The van der Waals surface area contributed by atoms with Crippen molar-refractivity contribution in [1.82, 2.24) is 4.90 Å². The number of anilines is 2. The zero-order valence-electron chi connectivity index (χ0n) is 14.7. The lowest BCUT2D eigenvalue weighted by Gasteiger charge is -2.38. The number of benzene rings is 2. The van der Waals surface area contributed by atoms with E-state index in [0.29, 0.717) is 11.3 Å². The van der Waals surface area contributed by atoms with Gasteiger partial charge in [0, 0.05) is 31.9 Å². The monoisotopic (exact) mass is 350 g/mol. The van der Waals surface area contributed by atoms with Crippen LogP contribution in [0.2, 0.25) is 0 Å². The molecule has 3 rings (SSSR count). The van der Waals surface area contributed by atoms with E-state index in [2.05, 4.69) is 21.2 Å². The number of nitriles is 1. The molecule has 26 heavy (non-hydrogen) atoms. The van der Waals surface area contributed by atoms with E-state index in [0.717, 1.165) is 31.9 Å². The fourth-order valence-electron chi connectivity index (χ4n) is 3.16. The summed E-state index contributed by atoms with van der Waals surface area (Å²) in [6.07, 6.45) is 0. The van der Waals surface area contributed by atoms with Gasteiger partial charge in [-0.3, -0.25) is 9.69 Å². The van der Waals surface area contributed by atoms with Crippen molar-refractivity contribution in [3.8, 4) is 11.8 Å². The first-order chi connectivity index (χ1) is 12.6. The molecule has 1 atom stereocenters. The van der Waals surface area contributed by atoms with Crippen molar-refractivity contribution in [3.63, 3.8) is 0 Å². The van der Waals surface area contributed by atoms with E-state index >= 15 is 0 Å².